The van der Waals surface area contributed by atoms with Gasteiger partial charge >= 0.3 is 12.1 Å². The van der Waals surface area contributed by atoms with Gasteiger partial charge < -0.3 is 5.32 Å². The monoisotopic (exact) mass is 249 g/mol. The Morgan fingerprint density at radius 2 is 1.83 bits per heavy atom. The van der Waals surface area contributed by atoms with Crippen LogP contribution in [0.2, 0.25) is 0 Å². The van der Waals surface area contributed by atoms with Crippen LogP contribution < -0.4 is 5.32 Å². The highest BCUT2D eigenvalue weighted by Crippen LogP contribution is 2.06. The Morgan fingerprint density at radius 3 is 2.39 bits per heavy atom. The first-order valence-corrected chi connectivity index (χ1v) is 5.32. The van der Waals surface area contributed by atoms with Crippen molar-refractivity contribution < 1.29 is 14.4 Å². The van der Waals surface area contributed by atoms with E-state index in [1.165, 1.54) is 7.05 Å². The second-order valence-electron chi connectivity index (χ2n) is 3.75. The highest BCUT2D eigenvalue weighted by atomic mass is 16.7. The zero-order valence-electron chi connectivity index (χ0n) is 10.5. The number of urea groups is 1. The zero-order chi connectivity index (χ0) is 13.5. The highest BCUT2D eigenvalue weighted by molar-refractivity contribution is 5.98. The lowest BCUT2D eigenvalue weighted by Gasteiger charge is -2.13. The van der Waals surface area contributed by atoms with Crippen molar-refractivity contribution in [1.82, 2.24) is 4.90 Å². The summed E-state index contributed by atoms with van der Waals surface area (Å²) in [5.74, 6) is 0. The number of imide groups is 1. The Balaban J connectivity index is 2.56. The first-order chi connectivity index (χ1) is 8.50. The second-order valence-corrected chi connectivity index (χ2v) is 3.75. The smallest absolute Gasteiger partial charge is 0.307 e. The number of para-hydroxylation sites is 1. The fourth-order valence-corrected chi connectivity index (χ4v) is 1.00. The molecule has 0 aliphatic carbocycles. The molecule has 1 aromatic rings. The number of amides is 3. The van der Waals surface area contributed by atoms with E-state index in [0.717, 1.165) is 4.90 Å². The Labute approximate surface area is 105 Å². The first-order valence-electron chi connectivity index (χ1n) is 5.32. The van der Waals surface area contributed by atoms with Crippen molar-refractivity contribution in [2.24, 2.45) is 5.16 Å². The molecule has 0 heterocycles. The Hall–Kier alpha value is -2.37. The summed E-state index contributed by atoms with van der Waals surface area (Å²) in [4.78, 5) is 28.4. The van der Waals surface area contributed by atoms with Gasteiger partial charge in [0.25, 0.3) is 0 Å². The van der Waals surface area contributed by atoms with E-state index in [4.69, 9.17) is 0 Å². The van der Waals surface area contributed by atoms with Gasteiger partial charge in [-0.05, 0) is 26.0 Å². The number of anilines is 1. The number of oxime groups is 1. The molecule has 1 aromatic carbocycles. The van der Waals surface area contributed by atoms with Crippen LogP contribution in [0.25, 0.3) is 0 Å². The van der Waals surface area contributed by atoms with Gasteiger partial charge in [0.05, 0.1) is 5.71 Å². The summed E-state index contributed by atoms with van der Waals surface area (Å²) in [5, 5.41) is 6.03. The summed E-state index contributed by atoms with van der Waals surface area (Å²) in [7, 11) is 1.31. The van der Waals surface area contributed by atoms with E-state index in [2.05, 4.69) is 15.3 Å². The third-order valence-corrected chi connectivity index (χ3v) is 1.91. The number of rotatable bonds is 2. The molecule has 0 spiro atoms. The molecule has 6 heteroatoms. The standard InChI is InChI=1S/C12H15N3O3/c1-9(2)14-18-12(17)15(3)11(16)13-10-7-5-4-6-8-10/h4-8H,1-3H3,(H,13,16). The fraction of sp³-hybridized carbons (Fsp3) is 0.250. The van der Waals surface area contributed by atoms with Gasteiger partial charge in [-0.3, -0.25) is 4.84 Å². The number of benzene rings is 1. The minimum Gasteiger partial charge on any atom is -0.307 e. The van der Waals surface area contributed by atoms with Crippen molar-refractivity contribution in [2.75, 3.05) is 12.4 Å². The van der Waals surface area contributed by atoms with Gasteiger partial charge in [-0.1, -0.05) is 23.4 Å². The summed E-state index contributed by atoms with van der Waals surface area (Å²) < 4.78 is 0. The lowest BCUT2D eigenvalue weighted by Crippen LogP contribution is -2.36. The number of hydrogen-bond donors (Lipinski definition) is 1. The molecule has 0 aliphatic rings. The predicted octanol–water partition coefficient (Wildman–Crippen LogP) is 2.68. The predicted molar refractivity (Wildman–Crippen MR) is 68.5 cm³/mol. The minimum atomic E-state index is -0.843. The Bertz CT molecular complexity index is 453. The number of nitrogens with one attached hydrogen (secondary N) is 1. The van der Waals surface area contributed by atoms with Crippen molar-refractivity contribution in [3.63, 3.8) is 0 Å². The van der Waals surface area contributed by atoms with Crippen LogP contribution in [0.5, 0.6) is 0 Å². The molecule has 0 unspecified atom stereocenters. The molecule has 6 nitrogen and oxygen atoms in total. The molecule has 1 rings (SSSR count). The van der Waals surface area contributed by atoms with Crippen molar-refractivity contribution in [2.45, 2.75) is 13.8 Å². The largest absolute Gasteiger partial charge is 0.443 e. The van der Waals surface area contributed by atoms with Crippen molar-refractivity contribution in [3.05, 3.63) is 30.3 Å². The molecule has 0 bridgehead atoms. The average molecular weight is 249 g/mol. The zero-order valence-corrected chi connectivity index (χ0v) is 10.5. The second kappa shape index (κ2) is 6.39. The number of carbonyl (C=O) groups excluding carboxylic acids is 2. The lowest BCUT2D eigenvalue weighted by molar-refractivity contribution is 0.122. The summed E-state index contributed by atoms with van der Waals surface area (Å²) in [6.07, 6.45) is -0.843. The van der Waals surface area contributed by atoms with Crippen LogP contribution in [0, 0.1) is 0 Å². The van der Waals surface area contributed by atoms with E-state index in [1.54, 1.807) is 38.1 Å². The minimum absolute atomic E-state index is 0.584. The van der Waals surface area contributed by atoms with Gasteiger partial charge in [0.2, 0.25) is 0 Å². The molecule has 0 radical (unpaired) electrons. The first kappa shape index (κ1) is 13.7. The van der Waals surface area contributed by atoms with Crippen LogP contribution >= 0.6 is 0 Å². The maximum absolute atomic E-state index is 11.7. The lowest BCUT2D eigenvalue weighted by atomic mass is 10.3. The van der Waals surface area contributed by atoms with Gasteiger partial charge in [0, 0.05) is 12.7 Å². The van der Waals surface area contributed by atoms with E-state index < -0.39 is 12.1 Å². The summed E-state index contributed by atoms with van der Waals surface area (Å²) in [6.45, 7) is 3.36. The normalized spacial score (nSPS) is 9.28. The third-order valence-electron chi connectivity index (χ3n) is 1.91. The van der Waals surface area contributed by atoms with Crippen molar-refractivity contribution in [3.8, 4) is 0 Å². The van der Waals surface area contributed by atoms with E-state index >= 15 is 0 Å². The number of nitrogens with zero attached hydrogens (tertiary/aromatic N) is 2. The summed E-state index contributed by atoms with van der Waals surface area (Å²) in [6, 6.07) is 8.22. The molecule has 0 fully saturated rings. The quantitative estimate of drug-likeness (QED) is 0.497. The summed E-state index contributed by atoms with van der Waals surface area (Å²) in [5.41, 5.74) is 1.18. The molecule has 18 heavy (non-hydrogen) atoms. The molecule has 3 amide bonds. The van der Waals surface area contributed by atoms with E-state index in [9.17, 15) is 9.59 Å². The van der Waals surface area contributed by atoms with Crippen LogP contribution in [0.15, 0.2) is 35.5 Å². The molecule has 96 valence electrons. The fourth-order valence-electron chi connectivity index (χ4n) is 1.00. The molecule has 0 atom stereocenters. The van der Waals surface area contributed by atoms with Gasteiger partial charge in [-0.2, -0.15) is 0 Å². The molecule has 1 N–H and O–H groups in total. The van der Waals surface area contributed by atoms with Crippen LogP contribution in [-0.4, -0.2) is 29.8 Å². The van der Waals surface area contributed by atoms with Crippen LogP contribution in [0.1, 0.15) is 13.8 Å². The van der Waals surface area contributed by atoms with Crippen LogP contribution in [-0.2, 0) is 4.84 Å². The van der Waals surface area contributed by atoms with Crippen molar-refractivity contribution >= 4 is 23.5 Å². The molecular weight excluding hydrogens is 234 g/mol. The molecule has 0 aliphatic heterocycles. The Morgan fingerprint density at radius 1 is 1.22 bits per heavy atom. The maximum Gasteiger partial charge on any atom is 0.443 e. The topological polar surface area (TPSA) is 71.0 Å². The SMILES string of the molecule is CC(C)=NOC(=O)N(C)C(=O)Nc1ccccc1. The number of hydrogen-bond acceptors (Lipinski definition) is 4. The average Bonchev–Trinajstić information content (AvgIpc) is 2.36. The third kappa shape index (κ3) is 4.25. The van der Waals surface area contributed by atoms with Gasteiger partial charge in [-0.15, -0.1) is 0 Å². The van der Waals surface area contributed by atoms with Crippen LogP contribution in [0.3, 0.4) is 0 Å². The molecule has 0 aromatic heterocycles. The van der Waals surface area contributed by atoms with Crippen LogP contribution in [0.4, 0.5) is 15.3 Å². The van der Waals surface area contributed by atoms with Gasteiger partial charge in [-0.25, -0.2) is 14.5 Å². The van der Waals surface area contributed by atoms with Gasteiger partial charge in [0.1, 0.15) is 0 Å². The van der Waals surface area contributed by atoms with E-state index in [0.29, 0.717) is 11.4 Å². The van der Waals surface area contributed by atoms with Gasteiger partial charge in [0.15, 0.2) is 0 Å². The maximum atomic E-state index is 11.7. The Kier molecular flexibility index (Phi) is 4.86. The van der Waals surface area contributed by atoms with E-state index in [-0.39, 0.29) is 0 Å². The molecule has 0 saturated heterocycles. The summed E-state index contributed by atoms with van der Waals surface area (Å²) >= 11 is 0. The van der Waals surface area contributed by atoms with E-state index in [1.807, 2.05) is 6.07 Å². The number of carbonyl (C=O) groups is 2. The highest BCUT2D eigenvalue weighted by Gasteiger charge is 2.18. The van der Waals surface area contributed by atoms with Crippen molar-refractivity contribution in [1.29, 1.82) is 0 Å². The molecule has 0 saturated carbocycles. The molecular formula is C12H15N3O3.